The summed E-state index contributed by atoms with van der Waals surface area (Å²) >= 11 is 0. The Kier molecular flexibility index (Phi) is 6.38. The van der Waals surface area contributed by atoms with E-state index in [-0.39, 0.29) is 0 Å². The van der Waals surface area contributed by atoms with Gasteiger partial charge in [0.1, 0.15) is 6.29 Å². The largest absolute Gasteiger partial charge is 0.317 e. The zero-order valence-electron chi connectivity index (χ0n) is 16.7. The fraction of sp³-hybridized carbons (Fsp3) is 0.200. The average Bonchev–Trinajstić information content (AvgIpc) is 2.74. The molecule has 142 valence electrons. The fourth-order valence-corrected chi connectivity index (χ4v) is 3.31. The van der Waals surface area contributed by atoms with Gasteiger partial charge in [0.2, 0.25) is 0 Å². The molecule has 0 radical (unpaired) electrons. The molecule has 2 aromatic rings. The number of carbonyl (C=O) groups is 1. The minimum Gasteiger partial charge on any atom is -0.317 e. The molecular formula is C25H26N2O. The van der Waals surface area contributed by atoms with Crippen LogP contribution < -0.4 is 0 Å². The van der Waals surface area contributed by atoms with Gasteiger partial charge in [-0.3, -0.25) is 9.78 Å². The van der Waals surface area contributed by atoms with Crippen LogP contribution in [0.15, 0.2) is 78.9 Å². The summed E-state index contributed by atoms with van der Waals surface area (Å²) in [5, 5.41) is 0. The third-order valence-corrected chi connectivity index (χ3v) is 4.86. The summed E-state index contributed by atoms with van der Waals surface area (Å²) in [7, 11) is 0. The topological polar surface area (TPSA) is 33.2 Å². The first-order valence-corrected chi connectivity index (χ1v) is 9.70. The number of hydrogen-bond donors (Lipinski definition) is 0. The lowest BCUT2D eigenvalue weighted by molar-refractivity contribution is 0.112. The molecule has 0 atom stereocenters. The molecule has 0 saturated carbocycles. The van der Waals surface area contributed by atoms with Crippen LogP contribution in [0.2, 0.25) is 0 Å². The quantitative estimate of drug-likeness (QED) is 0.571. The van der Waals surface area contributed by atoms with E-state index < -0.39 is 0 Å². The molecule has 0 bridgehead atoms. The average molecular weight is 370 g/mol. The monoisotopic (exact) mass is 370 g/mol. The predicted molar refractivity (Wildman–Crippen MR) is 116 cm³/mol. The summed E-state index contributed by atoms with van der Waals surface area (Å²) < 4.78 is 0. The first kappa shape index (κ1) is 19.6. The van der Waals surface area contributed by atoms with Crippen molar-refractivity contribution in [1.29, 1.82) is 0 Å². The van der Waals surface area contributed by atoms with Crippen molar-refractivity contribution in [2.45, 2.75) is 33.6 Å². The first-order chi connectivity index (χ1) is 13.7. The highest BCUT2D eigenvalue weighted by Gasteiger charge is 2.17. The molecule has 28 heavy (non-hydrogen) atoms. The Morgan fingerprint density at radius 3 is 2.57 bits per heavy atom. The number of nitrogens with zero attached hydrogens (tertiary/aromatic N) is 2. The highest BCUT2D eigenvalue weighted by molar-refractivity contribution is 5.81. The van der Waals surface area contributed by atoms with Crippen molar-refractivity contribution in [1.82, 2.24) is 9.88 Å². The summed E-state index contributed by atoms with van der Waals surface area (Å²) in [5.74, 6) is 0. The molecule has 1 aromatic heterocycles. The van der Waals surface area contributed by atoms with E-state index in [1.165, 1.54) is 0 Å². The summed E-state index contributed by atoms with van der Waals surface area (Å²) in [6.45, 7) is 6.21. The summed E-state index contributed by atoms with van der Waals surface area (Å²) in [6.07, 6.45) is 17.6. The van der Waals surface area contributed by atoms with Crippen molar-refractivity contribution in [2.24, 2.45) is 0 Å². The van der Waals surface area contributed by atoms with E-state index in [1.807, 2.05) is 50.5 Å². The van der Waals surface area contributed by atoms with Crippen LogP contribution in [0.3, 0.4) is 0 Å². The molecule has 3 nitrogen and oxygen atoms in total. The Balaban J connectivity index is 2.06. The zero-order chi connectivity index (χ0) is 19.9. The van der Waals surface area contributed by atoms with Gasteiger partial charge >= 0.3 is 0 Å². The van der Waals surface area contributed by atoms with Crippen molar-refractivity contribution in [3.63, 3.8) is 0 Å². The maximum atomic E-state index is 11.2. The molecule has 0 saturated heterocycles. The molecule has 0 unspecified atom stereocenters. The molecule has 0 aliphatic carbocycles. The molecule has 0 fully saturated rings. The molecule has 2 heterocycles. The Labute approximate surface area is 167 Å². The van der Waals surface area contributed by atoms with Gasteiger partial charge in [0.25, 0.3) is 0 Å². The molecule has 0 N–H and O–H groups in total. The number of allylic oxidation sites excluding steroid dienone is 5. The number of aryl methyl sites for hydroxylation is 1. The number of hydrogen-bond acceptors (Lipinski definition) is 3. The van der Waals surface area contributed by atoms with Gasteiger partial charge in [-0.25, -0.2) is 0 Å². The molecule has 3 heteroatoms. The van der Waals surface area contributed by atoms with Gasteiger partial charge in [-0.15, -0.1) is 0 Å². The smallest absolute Gasteiger partial charge is 0.150 e. The Bertz CT molecular complexity index is 965. The number of benzene rings is 1. The van der Waals surface area contributed by atoms with Gasteiger partial charge in [-0.05, 0) is 66.8 Å². The van der Waals surface area contributed by atoms with Crippen molar-refractivity contribution in [3.05, 3.63) is 101 Å². The van der Waals surface area contributed by atoms with Gasteiger partial charge in [-0.1, -0.05) is 43.7 Å². The number of aromatic nitrogens is 1. The van der Waals surface area contributed by atoms with E-state index in [1.54, 1.807) is 0 Å². The lowest BCUT2D eigenvalue weighted by Crippen LogP contribution is -2.17. The molecule has 1 aromatic carbocycles. The molecule has 0 spiro atoms. The minimum atomic E-state index is 0.729. The highest BCUT2D eigenvalue weighted by Crippen LogP contribution is 2.32. The zero-order valence-corrected chi connectivity index (χ0v) is 16.7. The van der Waals surface area contributed by atoms with Gasteiger partial charge in [0.05, 0.1) is 0 Å². The SMILES string of the molecule is C/C=C(/c1ccc(C=O)c(C)c1)N1C=C(c2ccncc2)C=C/C1=C\CCC. The van der Waals surface area contributed by atoms with Crippen LogP contribution in [0.1, 0.15) is 53.7 Å². The van der Waals surface area contributed by atoms with Gasteiger partial charge in [0, 0.05) is 35.6 Å². The summed E-state index contributed by atoms with van der Waals surface area (Å²) in [5.41, 5.74) is 7.33. The summed E-state index contributed by atoms with van der Waals surface area (Å²) in [6, 6.07) is 10.0. The maximum Gasteiger partial charge on any atom is 0.150 e. The number of unbranched alkanes of at least 4 members (excludes halogenated alkanes) is 1. The van der Waals surface area contributed by atoms with E-state index in [0.29, 0.717) is 0 Å². The standard InChI is InChI=1S/C25H26N2O/c1-4-6-7-24-11-10-22(20-12-14-26-15-13-20)17-27(24)25(5-2)21-8-9-23(18-28)19(3)16-21/h5,7-18H,4,6H2,1-3H3/b24-7+,25-5-. The molecular weight excluding hydrogens is 344 g/mol. The second-order valence-corrected chi connectivity index (χ2v) is 6.80. The second-order valence-electron chi connectivity index (χ2n) is 6.80. The number of aldehydes is 1. The lowest BCUT2D eigenvalue weighted by Gasteiger charge is -2.29. The third-order valence-electron chi connectivity index (χ3n) is 4.86. The van der Waals surface area contributed by atoms with Crippen LogP contribution in [-0.2, 0) is 0 Å². The Morgan fingerprint density at radius 2 is 1.93 bits per heavy atom. The predicted octanol–water partition coefficient (Wildman–Crippen LogP) is 6.16. The van der Waals surface area contributed by atoms with E-state index in [4.69, 9.17) is 0 Å². The second kappa shape index (κ2) is 9.14. The summed E-state index contributed by atoms with van der Waals surface area (Å²) in [4.78, 5) is 17.6. The highest BCUT2D eigenvalue weighted by atomic mass is 16.1. The Hall–Kier alpha value is -3.20. The van der Waals surface area contributed by atoms with Crippen molar-refractivity contribution in [2.75, 3.05) is 0 Å². The first-order valence-electron chi connectivity index (χ1n) is 9.70. The normalized spacial score (nSPS) is 15.7. The van der Waals surface area contributed by atoms with E-state index in [2.05, 4.69) is 53.4 Å². The van der Waals surface area contributed by atoms with Crippen molar-refractivity contribution >= 4 is 17.6 Å². The number of pyridine rings is 1. The van der Waals surface area contributed by atoms with Crippen molar-refractivity contribution < 1.29 is 4.79 Å². The molecule has 1 aliphatic rings. The van der Waals surface area contributed by atoms with Crippen LogP contribution in [0.4, 0.5) is 0 Å². The minimum absolute atomic E-state index is 0.729. The molecule has 1 aliphatic heterocycles. The number of rotatable bonds is 6. The van der Waals surface area contributed by atoms with E-state index in [9.17, 15) is 4.79 Å². The number of carbonyl (C=O) groups excluding carboxylic acids is 1. The Morgan fingerprint density at radius 1 is 1.14 bits per heavy atom. The van der Waals surface area contributed by atoms with Crippen LogP contribution in [0, 0.1) is 6.92 Å². The molecule has 3 rings (SSSR count). The maximum absolute atomic E-state index is 11.2. The van der Waals surface area contributed by atoms with Crippen molar-refractivity contribution in [3.8, 4) is 0 Å². The van der Waals surface area contributed by atoms with Crippen LogP contribution in [0.25, 0.3) is 11.3 Å². The van der Waals surface area contributed by atoms with Gasteiger partial charge < -0.3 is 4.90 Å². The van der Waals surface area contributed by atoms with Gasteiger partial charge in [-0.2, -0.15) is 0 Å². The molecule has 0 amide bonds. The van der Waals surface area contributed by atoms with E-state index >= 15 is 0 Å². The van der Waals surface area contributed by atoms with Crippen LogP contribution >= 0.6 is 0 Å². The van der Waals surface area contributed by atoms with Crippen LogP contribution in [0.5, 0.6) is 0 Å². The third kappa shape index (κ3) is 4.20. The lowest BCUT2D eigenvalue weighted by atomic mass is 10.00. The fourth-order valence-electron chi connectivity index (χ4n) is 3.31. The van der Waals surface area contributed by atoms with Gasteiger partial charge in [0.15, 0.2) is 0 Å². The van der Waals surface area contributed by atoms with E-state index in [0.717, 1.165) is 58.3 Å². The van der Waals surface area contributed by atoms with Crippen LogP contribution in [-0.4, -0.2) is 16.2 Å².